The van der Waals surface area contributed by atoms with Crippen LogP contribution in [0.1, 0.15) is 19.8 Å². The third-order valence-corrected chi connectivity index (χ3v) is 4.68. The Bertz CT molecular complexity index is 491. The van der Waals surface area contributed by atoms with Crippen molar-refractivity contribution < 1.29 is 8.42 Å². The Morgan fingerprint density at radius 1 is 1.50 bits per heavy atom. The summed E-state index contributed by atoms with van der Waals surface area (Å²) in [6.45, 7) is 3.54. The quantitative estimate of drug-likeness (QED) is 0.774. The van der Waals surface area contributed by atoms with Crippen LogP contribution in [0.5, 0.6) is 0 Å². The van der Waals surface area contributed by atoms with E-state index in [1.54, 1.807) is 10.9 Å². The topological polar surface area (TPSA) is 76.0 Å². The summed E-state index contributed by atoms with van der Waals surface area (Å²) in [7, 11) is -1.55. The number of hydrogen-bond acceptors (Lipinski definition) is 4. The number of aromatic nitrogens is 2. The number of sulfonamides is 1. The average molecular weight is 272 g/mol. The summed E-state index contributed by atoms with van der Waals surface area (Å²) in [6.07, 6.45) is 4.82. The number of nitrogens with zero attached hydrogens (tertiary/aromatic N) is 2. The van der Waals surface area contributed by atoms with Crippen LogP contribution in [0.2, 0.25) is 0 Å². The van der Waals surface area contributed by atoms with Gasteiger partial charge in [-0.25, -0.2) is 13.1 Å². The fourth-order valence-corrected chi connectivity index (χ4v) is 3.33. The molecule has 0 bridgehead atoms. The largest absolute Gasteiger partial charge is 0.318 e. The van der Waals surface area contributed by atoms with Crippen LogP contribution in [0, 0.1) is 5.92 Å². The highest BCUT2D eigenvalue weighted by atomic mass is 32.2. The highest BCUT2D eigenvalue weighted by Crippen LogP contribution is 2.27. The van der Waals surface area contributed by atoms with Gasteiger partial charge in [0, 0.05) is 18.8 Å². The average Bonchev–Trinajstić information content (AvgIpc) is 2.73. The molecule has 0 spiro atoms. The molecule has 0 aliphatic heterocycles. The van der Waals surface area contributed by atoms with Crippen LogP contribution in [0.25, 0.3) is 0 Å². The zero-order valence-electron chi connectivity index (χ0n) is 10.8. The van der Waals surface area contributed by atoms with Gasteiger partial charge >= 0.3 is 0 Å². The van der Waals surface area contributed by atoms with Gasteiger partial charge in [-0.05, 0) is 25.8 Å². The van der Waals surface area contributed by atoms with Crippen LogP contribution >= 0.6 is 0 Å². The lowest BCUT2D eigenvalue weighted by Crippen LogP contribution is -2.43. The molecule has 1 heterocycles. The number of nitrogens with one attached hydrogen (secondary N) is 2. The van der Waals surface area contributed by atoms with Crippen LogP contribution in [0.4, 0.5) is 0 Å². The summed E-state index contributed by atoms with van der Waals surface area (Å²) >= 11 is 0. The van der Waals surface area contributed by atoms with Gasteiger partial charge < -0.3 is 5.32 Å². The molecule has 0 radical (unpaired) electrons. The molecule has 18 heavy (non-hydrogen) atoms. The molecule has 0 atom stereocenters. The molecule has 1 aromatic heterocycles. The molecule has 1 aliphatic carbocycles. The van der Waals surface area contributed by atoms with E-state index in [2.05, 4.69) is 22.1 Å². The highest BCUT2D eigenvalue weighted by molar-refractivity contribution is 7.89. The smallest absolute Gasteiger partial charge is 0.243 e. The number of hydrogen-bond donors (Lipinski definition) is 2. The van der Waals surface area contributed by atoms with Crippen molar-refractivity contribution in [3.8, 4) is 0 Å². The van der Waals surface area contributed by atoms with Crippen molar-refractivity contribution in [1.82, 2.24) is 19.8 Å². The molecule has 102 valence electrons. The standard InChI is InChI=1S/C11H20N4O2S/c1-9-5-10(6-9)14-18(16,17)11-7-13-15(8-11)4-3-12-2/h7-10,12,14H,3-6H2,1-2H3. The van der Waals surface area contributed by atoms with Gasteiger partial charge in [-0.3, -0.25) is 4.68 Å². The third-order valence-electron chi connectivity index (χ3n) is 3.21. The fourth-order valence-electron chi connectivity index (χ4n) is 2.12. The van der Waals surface area contributed by atoms with E-state index in [1.165, 1.54) is 6.20 Å². The SMILES string of the molecule is CNCCn1cc(S(=O)(=O)NC2CC(C)C2)cn1. The van der Waals surface area contributed by atoms with E-state index in [9.17, 15) is 8.42 Å². The Balaban J connectivity index is 1.98. The van der Waals surface area contributed by atoms with E-state index >= 15 is 0 Å². The van der Waals surface area contributed by atoms with Gasteiger partial charge in [-0.15, -0.1) is 0 Å². The van der Waals surface area contributed by atoms with Gasteiger partial charge in [-0.2, -0.15) is 5.10 Å². The molecular weight excluding hydrogens is 252 g/mol. The second kappa shape index (κ2) is 5.38. The first-order valence-electron chi connectivity index (χ1n) is 6.20. The molecule has 0 aromatic carbocycles. The zero-order valence-corrected chi connectivity index (χ0v) is 11.6. The summed E-state index contributed by atoms with van der Waals surface area (Å²) in [4.78, 5) is 0.248. The second-order valence-corrected chi connectivity index (χ2v) is 6.65. The van der Waals surface area contributed by atoms with E-state index in [4.69, 9.17) is 0 Å². The molecule has 1 aliphatic rings. The van der Waals surface area contributed by atoms with Crippen molar-refractivity contribution in [2.45, 2.75) is 37.2 Å². The van der Waals surface area contributed by atoms with Crippen LogP contribution < -0.4 is 10.0 Å². The molecule has 2 N–H and O–H groups in total. The minimum absolute atomic E-state index is 0.0886. The minimum atomic E-state index is -3.40. The zero-order chi connectivity index (χ0) is 13.2. The first-order valence-corrected chi connectivity index (χ1v) is 7.69. The van der Waals surface area contributed by atoms with Crippen molar-refractivity contribution >= 4 is 10.0 Å². The second-order valence-electron chi connectivity index (χ2n) is 4.94. The van der Waals surface area contributed by atoms with Crippen molar-refractivity contribution in [2.24, 2.45) is 5.92 Å². The molecule has 0 saturated heterocycles. The van der Waals surface area contributed by atoms with Crippen LogP contribution in [0.15, 0.2) is 17.3 Å². The molecule has 6 nitrogen and oxygen atoms in total. The lowest BCUT2D eigenvalue weighted by Gasteiger charge is -2.32. The first-order chi connectivity index (χ1) is 8.51. The highest BCUT2D eigenvalue weighted by Gasteiger charge is 2.30. The maximum absolute atomic E-state index is 12.0. The van der Waals surface area contributed by atoms with Gasteiger partial charge in [0.1, 0.15) is 4.90 Å². The summed E-state index contributed by atoms with van der Waals surface area (Å²) in [5.74, 6) is 0.621. The predicted octanol–water partition coefficient (Wildman–Crippen LogP) is 0.179. The van der Waals surface area contributed by atoms with E-state index in [-0.39, 0.29) is 10.9 Å². The fraction of sp³-hybridized carbons (Fsp3) is 0.727. The monoisotopic (exact) mass is 272 g/mol. The Morgan fingerprint density at radius 3 is 2.83 bits per heavy atom. The molecule has 1 aromatic rings. The van der Waals surface area contributed by atoms with Crippen LogP contribution in [-0.4, -0.2) is 37.8 Å². The molecule has 2 rings (SSSR count). The van der Waals surface area contributed by atoms with E-state index in [0.717, 1.165) is 19.4 Å². The van der Waals surface area contributed by atoms with E-state index < -0.39 is 10.0 Å². The maximum atomic E-state index is 12.0. The van der Waals surface area contributed by atoms with Crippen LogP contribution in [0.3, 0.4) is 0 Å². The van der Waals surface area contributed by atoms with Gasteiger partial charge in [0.05, 0.1) is 12.7 Å². The normalized spacial score (nSPS) is 23.9. The molecule has 7 heteroatoms. The summed E-state index contributed by atoms with van der Waals surface area (Å²) < 4.78 is 28.4. The van der Waals surface area contributed by atoms with E-state index in [1.807, 2.05) is 7.05 Å². The summed E-state index contributed by atoms with van der Waals surface area (Å²) in [5.41, 5.74) is 0. The van der Waals surface area contributed by atoms with Crippen molar-refractivity contribution in [3.05, 3.63) is 12.4 Å². The number of rotatable bonds is 6. The van der Waals surface area contributed by atoms with Gasteiger partial charge in [0.15, 0.2) is 0 Å². The summed E-state index contributed by atoms with van der Waals surface area (Å²) in [5, 5.41) is 7.04. The lowest BCUT2D eigenvalue weighted by atomic mass is 9.83. The van der Waals surface area contributed by atoms with Gasteiger partial charge in [-0.1, -0.05) is 6.92 Å². The van der Waals surface area contributed by atoms with E-state index in [0.29, 0.717) is 12.5 Å². The number of likely N-dealkylation sites (N-methyl/N-ethyl adjacent to an activating group) is 1. The molecule has 1 fully saturated rings. The Kier molecular flexibility index (Phi) is 4.04. The van der Waals surface area contributed by atoms with Gasteiger partial charge in [0.25, 0.3) is 0 Å². The third kappa shape index (κ3) is 3.09. The molecule has 1 saturated carbocycles. The Labute approximate surface area is 108 Å². The minimum Gasteiger partial charge on any atom is -0.318 e. The molecular formula is C11H20N4O2S. The van der Waals surface area contributed by atoms with Gasteiger partial charge in [0.2, 0.25) is 10.0 Å². The molecule has 0 unspecified atom stereocenters. The van der Waals surface area contributed by atoms with Crippen molar-refractivity contribution in [2.75, 3.05) is 13.6 Å². The Morgan fingerprint density at radius 2 is 2.22 bits per heavy atom. The van der Waals surface area contributed by atoms with Crippen LogP contribution in [-0.2, 0) is 16.6 Å². The summed E-state index contributed by atoms with van der Waals surface area (Å²) in [6, 6.07) is 0.0886. The first kappa shape index (κ1) is 13.5. The van der Waals surface area contributed by atoms with Crippen molar-refractivity contribution in [3.63, 3.8) is 0 Å². The lowest BCUT2D eigenvalue weighted by molar-refractivity contribution is 0.270. The molecule has 0 amide bonds. The Hall–Kier alpha value is -0.920. The maximum Gasteiger partial charge on any atom is 0.243 e. The predicted molar refractivity (Wildman–Crippen MR) is 68.7 cm³/mol. The van der Waals surface area contributed by atoms with Crippen molar-refractivity contribution in [1.29, 1.82) is 0 Å².